The highest BCUT2D eigenvalue weighted by molar-refractivity contribution is 7.92. The second-order valence-corrected chi connectivity index (χ2v) is 8.93. The van der Waals surface area contributed by atoms with E-state index in [-0.39, 0.29) is 28.0 Å². The summed E-state index contributed by atoms with van der Waals surface area (Å²) in [6.07, 6.45) is -1.10. The van der Waals surface area contributed by atoms with Crippen molar-refractivity contribution in [1.82, 2.24) is 15.1 Å². The number of benzene rings is 2. The summed E-state index contributed by atoms with van der Waals surface area (Å²) in [7, 11) is -4.13. The van der Waals surface area contributed by atoms with Crippen molar-refractivity contribution in [3.05, 3.63) is 78.1 Å². The second-order valence-electron chi connectivity index (χ2n) is 7.25. The van der Waals surface area contributed by atoms with Crippen LogP contribution in [-0.4, -0.2) is 30.7 Å². The lowest BCUT2D eigenvalue weighted by molar-refractivity contribution is -0.137. The number of hydrogen-bond donors (Lipinski definition) is 2. The van der Waals surface area contributed by atoms with E-state index in [0.717, 1.165) is 12.1 Å². The molecular weight excluding hydrogens is 445 g/mol. The zero-order valence-corrected chi connectivity index (χ0v) is 17.8. The number of aromatic nitrogens is 2. The van der Waals surface area contributed by atoms with Crippen LogP contribution in [0.25, 0.3) is 0 Å². The first-order valence-corrected chi connectivity index (χ1v) is 11.1. The number of rotatable bonds is 8. The number of halogens is 3. The van der Waals surface area contributed by atoms with E-state index in [9.17, 15) is 26.4 Å². The summed E-state index contributed by atoms with van der Waals surface area (Å²) in [5.41, 5.74) is -0.923. The average Bonchev–Trinajstić information content (AvgIpc) is 3.24. The third kappa shape index (κ3) is 6.10. The number of anilines is 1. The minimum Gasteiger partial charge on any atom is -0.352 e. The van der Waals surface area contributed by atoms with Crippen molar-refractivity contribution in [3.8, 4) is 0 Å². The van der Waals surface area contributed by atoms with E-state index in [1.807, 2.05) is 19.2 Å². The van der Waals surface area contributed by atoms with Crippen LogP contribution in [0.3, 0.4) is 0 Å². The van der Waals surface area contributed by atoms with Crippen LogP contribution in [0.15, 0.2) is 71.9 Å². The van der Waals surface area contributed by atoms with Gasteiger partial charge in [0.1, 0.15) is 0 Å². The fraction of sp³-hybridized carbons (Fsp3) is 0.238. The van der Waals surface area contributed by atoms with E-state index in [1.165, 1.54) is 30.3 Å². The Balaban J connectivity index is 1.62. The third-order valence-electron chi connectivity index (χ3n) is 4.54. The lowest BCUT2D eigenvalue weighted by Crippen LogP contribution is -2.30. The third-order valence-corrected chi connectivity index (χ3v) is 5.94. The summed E-state index contributed by atoms with van der Waals surface area (Å²) >= 11 is 0. The van der Waals surface area contributed by atoms with Gasteiger partial charge in [-0.2, -0.15) is 18.3 Å². The average molecular weight is 466 g/mol. The van der Waals surface area contributed by atoms with Gasteiger partial charge in [0.2, 0.25) is 0 Å². The normalized spacial score (nSPS) is 12.9. The second kappa shape index (κ2) is 9.43. The van der Waals surface area contributed by atoms with Gasteiger partial charge in [0.05, 0.1) is 10.5 Å². The minimum absolute atomic E-state index is 0.121. The Morgan fingerprint density at radius 2 is 1.84 bits per heavy atom. The number of sulfonamides is 1. The SMILES string of the molecule is CC(CNC(=O)c1ccc(S(=O)(=O)Nc2cccc(C(F)(F)F)c2)cc1)Cn1cccn1. The van der Waals surface area contributed by atoms with Crippen LogP contribution in [0.1, 0.15) is 22.8 Å². The van der Waals surface area contributed by atoms with Crippen LogP contribution in [-0.2, 0) is 22.7 Å². The van der Waals surface area contributed by atoms with Crippen LogP contribution in [0, 0.1) is 5.92 Å². The quantitative estimate of drug-likeness (QED) is 0.529. The summed E-state index contributed by atoms with van der Waals surface area (Å²) in [4.78, 5) is 12.1. The van der Waals surface area contributed by atoms with Crippen molar-refractivity contribution in [3.63, 3.8) is 0 Å². The lowest BCUT2D eigenvalue weighted by Gasteiger charge is -2.13. The number of alkyl halides is 3. The molecule has 1 atom stereocenters. The Morgan fingerprint density at radius 1 is 1.12 bits per heavy atom. The molecule has 2 aromatic carbocycles. The molecule has 3 rings (SSSR count). The Kier molecular flexibility index (Phi) is 6.87. The Morgan fingerprint density at radius 3 is 2.47 bits per heavy atom. The number of nitrogens with one attached hydrogen (secondary N) is 2. The molecule has 0 aliphatic rings. The molecule has 11 heteroatoms. The van der Waals surface area contributed by atoms with Gasteiger partial charge in [-0.3, -0.25) is 14.2 Å². The molecule has 1 unspecified atom stereocenters. The van der Waals surface area contributed by atoms with Gasteiger partial charge >= 0.3 is 6.18 Å². The smallest absolute Gasteiger partial charge is 0.352 e. The van der Waals surface area contributed by atoms with Crippen molar-refractivity contribution in [2.45, 2.75) is 24.5 Å². The molecule has 1 amide bonds. The van der Waals surface area contributed by atoms with Gasteiger partial charge in [-0.25, -0.2) is 8.42 Å². The summed E-state index contributed by atoms with van der Waals surface area (Å²) in [5.74, 6) is -0.248. The molecule has 0 fully saturated rings. The van der Waals surface area contributed by atoms with E-state index >= 15 is 0 Å². The van der Waals surface area contributed by atoms with Gasteiger partial charge in [-0.15, -0.1) is 0 Å². The van der Waals surface area contributed by atoms with Crippen LogP contribution >= 0.6 is 0 Å². The zero-order valence-electron chi connectivity index (χ0n) is 17.0. The van der Waals surface area contributed by atoms with Crippen LogP contribution in [0.5, 0.6) is 0 Å². The first kappa shape index (κ1) is 23.3. The number of amides is 1. The van der Waals surface area contributed by atoms with Crippen molar-refractivity contribution in [1.29, 1.82) is 0 Å². The van der Waals surface area contributed by atoms with Gasteiger partial charge in [0.25, 0.3) is 15.9 Å². The molecule has 32 heavy (non-hydrogen) atoms. The molecule has 0 saturated heterocycles. The van der Waals surface area contributed by atoms with Crippen molar-refractivity contribution in [2.75, 3.05) is 11.3 Å². The van der Waals surface area contributed by atoms with Crippen LogP contribution in [0.4, 0.5) is 18.9 Å². The van der Waals surface area contributed by atoms with Gasteiger partial charge in [0.15, 0.2) is 0 Å². The van der Waals surface area contributed by atoms with E-state index in [1.54, 1.807) is 10.9 Å². The topological polar surface area (TPSA) is 93.1 Å². The largest absolute Gasteiger partial charge is 0.416 e. The molecule has 0 aliphatic carbocycles. The minimum atomic E-state index is -4.59. The number of nitrogens with zero attached hydrogens (tertiary/aromatic N) is 2. The number of carbonyl (C=O) groups is 1. The van der Waals surface area contributed by atoms with Crippen LogP contribution in [0.2, 0.25) is 0 Å². The highest BCUT2D eigenvalue weighted by Crippen LogP contribution is 2.31. The maximum Gasteiger partial charge on any atom is 0.416 e. The van der Waals surface area contributed by atoms with Crippen molar-refractivity contribution in [2.24, 2.45) is 5.92 Å². The molecule has 3 aromatic rings. The molecular formula is C21H21F3N4O3S. The predicted octanol–water partition coefficient (Wildman–Crippen LogP) is 3.77. The Bertz CT molecular complexity index is 1160. The molecule has 0 spiro atoms. The molecule has 1 heterocycles. The molecule has 0 bridgehead atoms. The van der Waals surface area contributed by atoms with Gasteiger partial charge in [-0.05, 0) is 54.4 Å². The molecule has 0 radical (unpaired) electrons. The highest BCUT2D eigenvalue weighted by Gasteiger charge is 2.30. The molecule has 2 N–H and O–H groups in total. The maximum absolute atomic E-state index is 12.8. The van der Waals surface area contributed by atoms with E-state index < -0.39 is 21.8 Å². The van der Waals surface area contributed by atoms with E-state index in [4.69, 9.17) is 0 Å². The number of carbonyl (C=O) groups excluding carboxylic acids is 1. The van der Waals surface area contributed by atoms with Gasteiger partial charge < -0.3 is 5.32 Å². The zero-order chi connectivity index (χ0) is 23.4. The first-order valence-electron chi connectivity index (χ1n) is 9.60. The Hall–Kier alpha value is -3.34. The van der Waals surface area contributed by atoms with Gasteiger partial charge in [-0.1, -0.05) is 13.0 Å². The first-order chi connectivity index (χ1) is 15.0. The fourth-order valence-corrected chi connectivity index (χ4v) is 3.97. The van der Waals surface area contributed by atoms with Crippen molar-refractivity contribution < 1.29 is 26.4 Å². The van der Waals surface area contributed by atoms with E-state index in [2.05, 4.69) is 15.1 Å². The molecule has 0 saturated carbocycles. The van der Waals surface area contributed by atoms with Gasteiger partial charge in [0, 0.05) is 36.7 Å². The van der Waals surface area contributed by atoms with Crippen LogP contribution < -0.4 is 10.0 Å². The highest BCUT2D eigenvalue weighted by atomic mass is 32.2. The van der Waals surface area contributed by atoms with Crippen molar-refractivity contribution >= 4 is 21.6 Å². The summed E-state index contributed by atoms with van der Waals surface area (Å²) in [6.45, 7) is 2.98. The summed E-state index contributed by atoms with van der Waals surface area (Å²) < 4.78 is 67.4. The summed E-state index contributed by atoms with van der Waals surface area (Å²) in [6, 6.07) is 10.8. The predicted molar refractivity (Wildman–Crippen MR) is 112 cm³/mol. The molecule has 170 valence electrons. The lowest BCUT2D eigenvalue weighted by atomic mass is 10.1. The molecule has 0 aliphatic heterocycles. The maximum atomic E-state index is 12.8. The fourth-order valence-electron chi connectivity index (χ4n) is 2.92. The Labute approximate surface area is 183 Å². The monoisotopic (exact) mass is 466 g/mol. The standard InChI is InChI=1S/C21H21F3N4O3S/c1-15(14-28-11-3-10-26-28)13-25-20(29)16-6-8-19(9-7-16)32(30,31)27-18-5-2-4-17(12-18)21(22,23)24/h2-12,15,27H,13-14H2,1H3,(H,25,29). The number of hydrogen-bond acceptors (Lipinski definition) is 4. The molecule has 7 nitrogen and oxygen atoms in total. The van der Waals surface area contributed by atoms with E-state index in [0.29, 0.717) is 19.2 Å². The summed E-state index contributed by atoms with van der Waals surface area (Å²) in [5, 5.41) is 6.88. The molecule has 1 aromatic heterocycles.